The maximum atomic E-state index is 11.8. The molecule has 0 saturated heterocycles. The van der Waals surface area contributed by atoms with E-state index in [0.717, 1.165) is 18.7 Å². The van der Waals surface area contributed by atoms with Gasteiger partial charge in [0, 0.05) is 11.4 Å². The monoisotopic (exact) mass is 308 g/mol. The highest BCUT2D eigenvalue weighted by Gasteiger charge is 2.20. The van der Waals surface area contributed by atoms with Gasteiger partial charge in [0.05, 0.1) is 27.7 Å². The SMILES string of the molecule is CCCCOC(=O)C(C)=CP(=O)(O)OCC[N+](C)(C)C. The smallest absolute Gasteiger partial charge is 0.352 e. The van der Waals surface area contributed by atoms with Crippen LogP contribution in [-0.2, 0) is 18.6 Å². The van der Waals surface area contributed by atoms with Crippen LogP contribution in [0.15, 0.2) is 11.4 Å². The van der Waals surface area contributed by atoms with E-state index >= 15 is 0 Å². The minimum atomic E-state index is -3.90. The van der Waals surface area contributed by atoms with Crippen molar-refractivity contribution in [2.24, 2.45) is 0 Å². The Hall–Kier alpha value is -0.680. The molecular formula is C13H27NO5P+. The molecule has 1 N–H and O–H groups in total. The first-order valence-corrected chi connectivity index (χ1v) is 8.36. The van der Waals surface area contributed by atoms with E-state index in [2.05, 4.69) is 0 Å². The Labute approximate surface area is 121 Å². The number of hydrogen-bond acceptors (Lipinski definition) is 4. The molecule has 0 fully saturated rings. The lowest BCUT2D eigenvalue weighted by Crippen LogP contribution is -2.37. The molecule has 1 atom stereocenters. The minimum Gasteiger partial charge on any atom is -0.462 e. The summed E-state index contributed by atoms with van der Waals surface area (Å²) in [6, 6.07) is 0. The number of hydrogen-bond donors (Lipinski definition) is 1. The molecule has 0 aromatic rings. The molecule has 0 radical (unpaired) electrons. The van der Waals surface area contributed by atoms with Gasteiger partial charge in [-0.2, -0.15) is 0 Å². The summed E-state index contributed by atoms with van der Waals surface area (Å²) in [5.41, 5.74) is 0.0946. The van der Waals surface area contributed by atoms with Crippen molar-refractivity contribution in [3.63, 3.8) is 0 Å². The second-order valence-corrected chi connectivity index (χ2v) is 7.36. The van der Waals surface area contributed by atoms with Gasteiger partial charge in [0.15, 0.2) is 0 Å². The van der Waals surface area contributed by atoms with Crippen LogP contribution in [0.5, 0.6) is 0 Å². The predicted octanol–water partition coefficient (Wildman–Crippen LogP) is 2.14. The fraction of sp³-hybridized carbons (Fsp3) is 0.769. The van der Waals surface area contributed by atoms with Crippen molar-refractivity contribution in [3.8, 4) is 0 Å². The molecule has 0 aromatic carbocycles. The Kier molecular flexibility index (Phi) is 8.28. The zero-order valence-corrected chi connectivity index (χ0v) is 14.0. The van der Waals surface area contributed by atoms with Crippen molar-refractivity contribution >= 4 is 13.6 Å². The van der Waals surface area contributed by atoms with Crippen molar-refractivity contribution in [2.45, 2.75) is 26.7 Å². The van der Waals surface area contributed by atoms with Gasteiger partial charge in [-0.15, -0.1) is 0 Å². The number of carbonyl (C=O) groups excluding carboxylic acids is 1. The number of rotatable bonds is 9. The van der Waals surface area contributed by atoms with E-state index in [1.807, 2.05) is 28.1 Å². The summed E-state index contributed by atoms with van der Waals surface area (Å²) >= 11 is 0. The van der Waals surface area contributed by atoms with Crippen molar-refractivity contribution in [1.29, 1.82) is 0 Å². The first-order valence-electron chi connectivity index (χ1n) is 6.71. The molecule has 0 aromatic heterocycles. The molecule has 0 rings (SSSR count). The van der Waals surface area contributed by atoms with Crippen molar-refractivity contribution in [3.05, 3.63) is 11.4 Å². The number of quaternary nitrogens is 1. The Morgan fingerprint density at radius 1 is 1.30 bits per heavy atom. The summed E-state index contributed by atoms with van der Waals surface area (Å²) in [5.74, 6) is 0.375. The van der Waals surface area contributed by atoms with Crippen LogP contribution in [0.3, 0.4) is 0 Å². The lowest BCUT2D eigenvalue weighted by Gasteiger charge is -2.23. The van der Waals surface area contributed by atoms with Crippen LogP contribution in [0.1, 0.15) is 26.7 Å². The number of carbonyl (C=O) groups is 1. The first-order chi connectivity index (χ1) is 9.07. The molecule has 20 heavy (non-hydrogen) atoms. The van der Waals surface area contributed by atoms with Crippen LogP contribution in [0, 0.1) is 0 Å². The van der Waals surface area contributed by atoms with Crippen molar-refractivity contribution in [2.75, 3.05) is 40.9 Å². The molecule has 7 heteroatoms. The van der Waals surface area contributed by atoms with Gasteiger partial charge in [-0.05, 0) is 13.3 Å². The average Bonchev–Trinajstić information content (AvgIpc) is 2.26. The van der Waals surface area contributed by atoms with E-state index in [0.29, 0.717) is 17.6 Å². The standard InChI is InChI=1S/C13H26NO5P/c1-6-7-9-18-13(15)12(2)11-20(16,17)19-10-8-14(3,4)5/h11H,6-10H2,1-5H3/p+1. The van der Waals surface area contributed by atoms with E-state index in [-0.39, 0.29) is 12.2 Å². The van der Waals surface area contributed by atoms with Gasteiger partial charge in [0.2, 0.25) is 0 Å². The molecule has 0 bridgehead atoms. The highest BCUT2D eigenvalue weighted by atomic mass is 31.2. The van der Waals surface area contributed by atoms with E-state index in [1.54, 1.807) is 0 Å². The summed E-state index contributed by atoms with van der Waals surface area (Å²) in [7, 11) is 1.97. The Bertz CT molecular complexity index is 387. The molecule has 1 unspecified atom stereocenters. The largest absolute Gasteiger partial charge is 0.462 e. The van der Waals surface area contributed by atoms with Crippen LogP contribution >= 0.6 is 7.60 Å². The number of nitrogens with zero attached hydrogens (tertiary/aromatic N) is 1. The van der Waals surface area contributed by atoms with Gasteiger partial charge in [-0.1, -0.05) is 13.3 Å². The average molecular weight is 308 g/mol. The van der Waals surface area contributed by atoms with Crippen LogP contribution in [0.25, 0.3) is 0 Å². The maximum absolute atomic E-state index is 11.8. The van der Waals surface area contributed by atoms with Crippen molar-refractivity contribution in [1.82, 2.24) is 0 Å². The molecular weight excluding hydrogens is 281 g/mol. The number of esters is 1. The van der Waals surface area contributed by atoms with E-state index in [4.69, 9.17) is 9.26 Å². The molecule has 0 aliphatic heterocycles. The van der Waals surface area contributed by atoms with E-state index in [1.165, 1.54) is 6.92 Å². The second kappa shape index (κ2) is 8.57. The van der Waals surface area contributed by atoms with Crippen LogP contribution in [0.4, 0.5) is 0 Å². The molecule has 0 aliphatic carbocycles. The van der Waals surface area contributed by atoms with Gasteiger partial charge < -0.3 is 14.1 Å². The molecule has 0 aliphatic rings. The van der Waals surface area contributed by atoms with Crippen molar-refractivity contribution < 1.29 is 28.0 Å². The highest BCUT2D eigenvalue weighted by Crippen LogP contribution is 2.44. The van der Waals surface area contributed by atoms with Crippen LogP contribution in [-0.4, -0.2) is 56.2 Å². The maximum Gasteiger partial charge on any atom is 0.352 e. The summed E-state index contributed by atoms with van der Waals surface area (Å²) in [4.78, 5) is 21.2. The molecule has 0 amide bonds. The third-order valence-corrected chi connectivity index (χ3v) is 3.71. The molecule has 0 spiro atoms. The molecule has 6 nitrogen and oxygen atoms in total. The summed E-state index contributed by atoms with van der Waals surface area (Å²) in [5, 5.41) is 0. The van der Waals surface area contributed by atoms with Crippen LogP contribution < -0.4 is 0 Å². The second-order valence-electron chi connectivity index (χ2n) is 5.71. The fourth-order valence-electron chi connectivity index (χ4n) is 1.20. The summed E-state index contributed by atoms with van der Waals surface area (Å²) in [6.45, 7) is 4.49. The van der Waals surface area contributed by atoms with Gasteiger partial charge in [-0.3, -0.25) is 9.09 Å². The lowest BCUT2D eigenvalue weighted by molar-refractivity contribution is -0.870. The highest BCUT2D eigenvalue weighted by molar-refractivity contribution is 7.56. The predicted molar refractivity (Wildman–Crippen MR) is 78.3 cm³/mol. The number of likely N-dealkylation sites (N-methyl/N-ethyl adjacent to an activating group) is 1. The summed E-state index contributed by atoms with van der Waals surface area (Å²) < 4.78 is 22.3. The van der Waals surface area contributed by atoms with E-state index < -0.39 is 13.6 Å². The molecule has 118 valence electrons. The minimum absolute atomic E-state index is 0.0946. The topological polar surface area (TPSA) is 72.8 Å². The Morgan fingerprint density at radius 2 is 1.90 bits per heavy atom. The third-order valence-electron chi connectivity index (χ3n) is 2.45. The lowest BCUT2D eigenvalue weighted by atomic mass is 10.3. The fourth-order valence-corrected chi connectivity index (χ4v) is 2.22. The van der Waals surface area contributed by atoms with Crippen LogP contribution in [0.2, 0.25) is 0 Å². The number of ether oxygens (including phenoxy) is 1. The summed E-state index contributed by atoms with van der Waals surface area (Å²) in [6.07, 6.45) is 1.69. The number of unbranched alkanes of at least 4 members (excludes halogenated alkanes) is 1. The Balaban J connectivity index is 4.36. The first kappa shape index (κ1) is 19.3. The Morgan fingerprint density at radius 3 is 2.40 bits per heavy atom. The van der Waals surface area contributed by atoms with E-state index in [9.17, 15) is 14.3 Å². The molecule has 0 heterocycles. The van der Waals surface area contributed by atoms with Gasteiger partial charge in [0.25, 0.3) is 0 Å². The molecule has 0 saturated carbocycles. The zero-order valence-electron chi connectivity index (χ0n) is 13.1. The van der Waals surface area contributed by atoms with Gasteiger partial charge in [-0.25, -0.2) is 4.79 Å². The third kappa shape index (κ3) is 10.1. The normalized spacial score (nSPS) is 15.8. The van der Waals surface area contributed by atoms with Gasteiger partial charge >= 0.3 is 13.6 Å². The quantitative estimate of drug-likeness (QED) is 0.232. The zero-order chi connectivity index (χ0) is 15.8. The van der Waals surface area contributed by atoms with Gasteiger partial charge in [0.1, 0.15) is 13.2 Å².